The number of aliphatic hydroxyl groups is 2. The van der Waals surface area contributed by atoms with E-state index in [9.17, 15) is 0 Å². The minimum atomic E-state index is -0.616. The highest BCUT2D eigenvalue weighted by atomic mass is 16.5. The van der Waals surface area contributed by atoms with Gasteiger partial charge in [-0.15, -0.1) is 0 Å². The molecule has 0 bridgehead atoms. The summed E-state index contributed by atoms with van der Waals surface area (Å²) in [5.41, 5.74) is 0. The fraction of sp³-hybridized carbons (Fsp3) is 0.455. The summed E-state index contributed by atoms with van der Waals surface area (Å²) in [7, 11) is 0. The molecule has 0 aromatic heterocycles. The van der Waals surface area contributed by atoms with Crippen LogP contribution in [0.4, 0.5) is 0 Å². The second kappa shape index (κ2) is 6.40. The maximum Gasteiger partial charge on any atom is 0.119 e. The van der Waals surface area contributed by atoms with Gasteiger partial charge in [-0.05, 0) is 25.0 Å². The minimum absolute atomic E-state index is 0.175. The summed E-state index contributed by atoms with van der Waals surface area (Å²) < 4.78 is 5.41. The molecule has 0 heterocycles. The first kappa shape index (κ1) is 11.0. The van der Waals surface area contributed by atoms with Gasteiger partial charge in [0.15, 0.2) is 0 Å². The van der Waals surface area contributed by atoms with Crippen LogP contribution in [0, 0.1) is 0 Å². The van der Waals surface area contributed by atoms with Crippen molar-refractivity contribution in [3.63, 3.8) is 0 Å². The van der Waals surface area contributed by atoms with E-state index in [0.717, 1.165) is 12.2 Å². The van der Waals surface area contributed by atoms with Crippen molar-refractivity contribution >= 4 is 0 Å². The molecule has 0 aliphatic carbocycles. The van der Waals surface area contributed by atoms with Gasteiger partial charge in [0.1, 0.15) is 5.75 Å². The molecule has 0 radical (unpaired) electrons. The van der Waals surface area contributed by atoms with Gasteiger partial charge in [0.2, 0.25) is 0 Å². The quantitative estimate of drug-likeness (QED) is 0.672. The monoisotopic (exact) mass is 196 g/mol. The predicted molar refractivity (Wildman–Crippen MR) is 54.3 cm³/mol. The fourth-order valence-corrected chi connectivity index (χ4v) is 1.12. The molecule has 1 aromatic rings. The Bertz CT molecular complexity index is 236. The van der Waals surface area contributed by atoms with Crippen LogP contribution in [0.25, 0.3) is 0 Å². The Labute approximate surface area is 84.0 Å². The molecule has 0 amide bonds. The van der Waals surface area contributed by atoms with Crippen LogP contribution >= 0.6 is 0 Å². The van der Waals surface area contributed by atoms with Crippen LogP contribution in [-0.2, 0) is 0 Å². The molecule has 0 fully saturated rings. The molecule has 0 saturated carbocycles. The SMILES string of the molecule is OCC(O)CCCOc1ccccc1. The largest absolute Gasteiger partial charge is 0.494 e. The zero-order valence-electron chi connectivity index (χ0n) is 8.10. The van der Waals surface area contributed by atoms with Crippen LogP contribution in [-0.4, -0.2) is 29.5 Å². The Hall–Kier alpha value is -1.06. The van der Waals surface area contributed by atoms with Crippen molar-refractivity contribution in [1.29, 1.82) is 0 Å². The first-order chi connectivity index (χ1) is 6.83. The molecule has 1 rings (SSSR count). The maximum absolute atomic E-state index is 9.05. The van der Waals surface area contributed by atoms with E-state index in [0.29, 0.717) is 13.0 Å². The Morgan fingerprint density at radius 1 is 1.21 bits per heavy atom. The van der Waals surface area contributed by atoms with E-state index in [1.165, 1.54) is 0 Å². The number of rotatable bonds is 6. The van der Waals surface area contributed by atoms with Gasteiger partial charge in [-0.2, -0.15) is 0 Å². The van der Waals surface area contributed by atoms with Crippen LogP contribution in [0.2, 0.25) is 0 Å². The van der Waals surface area contributed by atoms with Gasteiger partial charge in [0.05, 0.1) is 19.3 Å². The molecule has 3 nitrogen and oxygen atoms in total. The number of benzene rings is 1. The first-order valence-electron chi connectivity index (χ1n) is 4.79. The zero-order valence-corrected chi connectivity index (χ0v) is 8.10. The van der Waals surface area contributed by atoms with Crippen LogP contribution < -0.4 is 4.74 Å². The van der Waals surface area contributed by atoms with Crippen LogP contribution in [0.3, 0.4) is 0 Å². The summed E-state index contributed by atoms with van der Waals surface area (Å²) in [4.78, 5) is 0. The molecule has 0 saturated heterocycles. The highest BCUT2D eigenvalue weighted by Crippen LogP contribution is 2.09. The summed E-state index contributed by atoms with van der Waals surface area (Å²) >= 11 is 0. The number of para-hydroxylation sites is 1. The van der Waals surface area contributed by atoms with E-state index in [1.807, 2.05) is 30.3 Å². The second-order valence-corrected chi connectivity index (χ2v) is 3.14. The van der Waals surface area contributed by atoms with Crippen LogP contribution in [0.5, 0.6) is 5.75 Å². The van der Waals surface area contributed by atoms with Crippen molar-refractivity contribution in [1.82, 2.24) is 0 Å². The fourth-order valence-electron chi connectivity index (χ4n) is 1.12. The van der Waals surface area contributed by atoms with E-state index in [1.54, 1.807) is 0 Å². The zero-order chi connectivity index (χ0) is 10.2. The first-order valence-corrected chi connectivity index (χ1v) is 4.79. The number of hydrogen-bond acceptors (Lipinski definition) is 3. The Morgan fingerprint density at radius 2 is 1.93 bits per heavy atom. The third-order valence-corrected chi connectivity index (χ3v) is 1.90. The summed E-state index contributed by atoms with van der Waals surface area (Å²) in [6.07, 6.45) is 0.703. The number of hydrogen-bond donors (Lipinski definition) is 2. The average molecular weight is 196 g/mol. The van der Waals surface area contributed by atoms with Gasteiger partial charge in [-0.3, -0.25) is 0 Å². The normalized spacial score (nSPS) is 12.4. The van der Waals surface area contributed by atoms with Crippen molar-refractivity contribution in [3.8, 4) is 5.75 Å². The van der Waals surface area contributed by atoms with E-state index >= 15 is 0 Å². The summed E-state index contributed by atoms with van der Waals surface area (Å²) in [5, 5.41) is 17.6. The number of aliphatic hydroxyl groups excluding tert-OH is 2. The average Bonchev–Trinajstić information content (AvgIpc) is 2.25. The molecule has 0 aliphatic rings. The van der Waals surface area contributed by atoms with E-state index in [4.69, 9.17) is 14.9 Å². The molecule has 1 atom stereocenters. The molecule has 78 valence electrons. The van der Waals surface area contributed by atoms with E-state index in [-0.39, 0.29) is 6.61 Å². The van der Waals surface area contributed by atoms with Gasteiger partial charge in [-0.25, -0.2) is 0 Å². The van der Waals surface area contributed by atoms with E-state index in [2.05, 4.69) is 0 Å². The molecule has 0 spiro atoms. The van der Waals surface area contributed by atoms with Gasteiger partial charge >= 0.3 is 0 Å². The predicted octanol–water partition coefficient (Wildman–Crippen LogP) is 1.20. The molecular weight excluding hydrogens is 180 g/mol. The van der Waals surface area contributed by atoms with Crippen LogP contribution in [0.1, 0.15) is 12.8 Å². The van der Waals surface area contributed by atoms with Crippen LogP contribution in [0.15, 0.2) is 30.3 Å². The van der Waals surface area contributed by atoms with Crippen molar-refractivity contribution < 1.29 is 14.9 Å². The van der Waals surface area contributed by atoms with Crippen molar-refractivity contribution in [3.05, 3.63) is 30.3 Å². The third kappa shape index (κ3) is 4.25. The molecule has 14 heavy (non-hydrogen) atoms. The van der Waals surface area contributed by atoms with Gasteiger partial charge in [0, 0.05) is 0 Å². The minimum Gasteiger partial charge on any atom is -0.494 e. The lowest BCUT2D eigenvalue weighted by Crippen LogP contribution is -2.13. The highest BCUT2D eigenvalue weighted by Gasteiger charge is 2.00. The van der Waals surface area contributed by atoms with Gasteiger partial charge in [0.25, 0.3) is 0 Å². The molecule has 0 aliphatic heterocycles. The van der Waals surface area contributed by atoms with Crippen molar-refractivity contribution in [2.75, 3.05) is 13.2 Å². The topological polar surface area (TPSA) is 49.7 Å². The lowest BCUT2D eigenvalue weighted by atomic mass is 10.2. The molecule has 1 unspecified atom stereocenters. The Morgan fingerprint density at radius 3 is 2.57 bits per heavy atom. The summed E-state index contributed by atoms with van der Waals surface area (Å²) in [5.74, 6) is 0.839. The summed E-state index contributed by atoms with van der Waals surface area (Å²) in [6.45, 7) is 0.395. The molecule has 2 N–H and O–H groups in total. The highest BCUT2D eigenvalue weighted by molar-refractivity contribution is 5.20. The van der Waals surface area contributed by atoms with Gasteiger partial charge < -0.3 is 14.9 Å². The van der Waals surface area contributed by atoms with Crippen molar-refractivity contribution in [2.24, 2.45) is 0 Å². The third-order valence-electron chi connectivity index (χ3n) is 1.90. The lowest BCUT2D eigenvalue weighted by Gasteiger charge is -2.08. The number of ether oxygens (including phenoxy) is 1. The Kier molecular flexibility index (Phi) is 5.04. The maximum atomic E-state index is 9.05. The lowest BCUT2D eigenvalue weighted by molar-refractivity contribution is 0.0828. The Balaban J connectivity index is 2.10. The smallest absolute Gasteiger partial charge is 0.119 e. The second-order valence-electron chi connectivity index (χ2n) is 3.14. The molecule has 1 aromatic carbocycles. The van der Waals surface area contributed by atoms with Crippen molar-refractivity contribution in [2.45, 2.75) is 18.9 Å². The standard InChI is InChI=1S/C11H16O3/c12-9-10(13)5-4-8-14-11-6-2-1-3-7-11/h1-3,6-7,10,12-13H,4-5,8-9H2. The molecule has 3 heteroatoms. The van der Waals surface area contributed by atoms with E-state index < -0.39 is 6.10 Å². The summed E-state index contributed by atoms with van der Waals surface area (Å²) in [6, 6.07) is 9.54. The molecular formula is C11H16O3. The van der Waals surface area contributed by atoms with Gasteiger partial charge in [-0.1, -0.05) is 18.2 Å².